The summed E-state index contributed by atoms with van der Waals surface area (Å²) >= 11 is 6.14. The van der Waals surface area contributed by atoms with E-state index in [1.165, 1.54) is 25.7 Å². The molecule has 2 nitrogen and oxygen atoms in total. The van der Waals surface area contributed by atoms with Crippen LogP contribution in [-0.2, 0) is 0 Å². The SMILES string of the molecule is Cc1cnc(Cl)c(NC2CCCC(C(C)C)C2)c1. The molecule has 1 aromatic heterocycles. The summed E-state index contributed by atoms with van der Waals surface area (Å²) in [6.07, 6.45) is 6.99. The van der Waals surface area contributed by atoms with Crippen LogP contribution in [0.2, 0.25) is 5.15 Å². The van der Waals surface area contributed by atoms with Crippen LogP contribution in [0.3, 0.4) is 0 Å². The number of aromatic nitrogens is 1. The second kappa shape index (κ2) is 5.92. The summed E-state index contributed by atoms with van der Waals surface area (Å²) in [5, 5.41) is 4.17. The molecule has 0 aliphatic heterocycles. The molecule has 0 aromatic carbocycles. The van der Waals surface area contributed by atoms with Gasteiger partial charge < -0.3 is 5.32 Å². The van der Waals surface area contributed by atoms with Crippen molar-refractivity contribution in [2.75, 3.05) is 5.32 Å². The molecule has 2 rings (SSSR count). The van der Waals surface area contributed by atoms with E-state index in [4.69, 9.17) is 11.6 Å². The number of pyridine rings is 1. The molecule has 1 N–H and O–H groups in total. The van der Waals surface area contributed by atoms with Crippen LogP contribution in [0.1, 0.15) is 45.1 Å². The summed E-state index contributed by atoms with van der Waals surface area (Å²) in [4.78, 5) is 4.20. The minimum atomic E-state index is 0.548. The highest BCUT2D eigenvalue weighted by molar-refractivity contribution is 6.31. The van der Waals surface area contributed by atoms with Gasteiger partial charge in [-0.25, -0.2) is 4.98 Å². The van der Waals surface area contributed by atoms with Crippen LogP contribution in [-0.4, -0.2) is 11.0 Å². The Bertz CT molecular complexity index is 403. The van der Waals surface area contributed by atoms with E-state index < -0.39 is 0 Å². The minimum Gasteiger partial charge on any atom is -0.380 e. The molecule has 2 unspecified atom stereocenters. The summed E-state index contributed by atoms with van der Waals surface area (Å²) < 4.78 is 0. The molecule has 0 radical (unpaired) electrons. The summed E-state index contributed by atoms with van der Waals surface area (Å²) in [6.45, 7) is 6.70. The molecule has 1 fully saturated rings. The Hall–Kier alpha value is -0.760. The number of rotatable bonds is 3. The quantitative estimate of drug-likeness (QED) is 0.804. The van der Waals surface area contributed by atoms with Crippen LogP contribution in [0.5, 0.6) is 0 Å². The lowest BCUT2D eigenvalue weighted by atomic mass is 9.79. The van der Waals surface area contributed by atoms with Crippen molar-refractivity contribution < 1.29 is 0 Å². The van der Waals surface area contributed by atoms with E-state index >= 15 is 0 Å². The van der Waals surface area contributed by atoms with Gasteiger partial charge in [0.1, 0.15) is 0 Å². The van der Waals surface area contributed by atoms with Gasteiger partial charge in [0.05, 0.1) is 5.69 Å². The second-order valence-corrected chi connectivity index (χ2v) is 6.22. The fourth-order valence-corrected chi connectivity index (χ4v) is 3.00. The zero-order valence-electron chi connectivity index (χ0n) is 11.5. The lowest BCUT2D eigenvalue weighted by molar-refractivity contribution is 0.264. The largest absolute Gasteiger partial charge is 0.380 e. The molecule has 1 heterocycles. The van der Waals surface area contributed by atoms with Crippen molar-refractivity contribution in [2.24, 2.45) is 11.8 Å². The van der Waals surface area contributed by atoms with E-state index in [0.29, 0.717) is 11.2 Å². The zero-order valence-corrected chi connectivity index (χ0v) is 12.3. The highest BCUT2D eigenvalue weighted by atomic mass is 35.5. The molecule has 0 spiro atoms. The van der Waals surface area contributed by atoms with E-state index in [0.717, 1.165) is 23.1 Å². The minimum absolute atomic E-state index is 0.548. The van der Waals surface area contributed by atoms with Crippen LogP contribution in [0, 0.1) is 18.8 Å². The Morgan fingerprint density at radius 3 is 2.89 bits per heavy atom. The molecule has 0 amide bonds. The van der Waals surface area contributed by atoms with Gasteiger partial charge in [-0.3, -0.25) is 0 Å². The molecule has 3 heteroatoms. The van der Waals surface area contributed by atoms with Gasteiger partial charge in [0.25, 0.3) is 0 Å². The van der Waals surface area contributed by atoms with Gasteiger partial charge in [0.2, 0.25) is 0 Å². The number of anilines is 1. The number of nitrogens with one attached hydrogen (secondary N) is 1. The van der Waals surface area contributed by atoms with Crippen LogP contribution < -0.4 is 5.32 Å². The van der Waals surface area contributed by atoms with Crippen LogP contribution in [0.15, 0.2) is 12.3 Å². The molecule has 100 valence electrons. The predicted molar refractivity (Wildman–Crippen MR) is 78.2 cm³/mol. The van der Waals surface area contributed by atoms with Gasteiger partial charge in [0, 0.05) is 12.2 Å². The lowest BCUT2D eigenvalue weighted by Gasteiger charge is -2.32. The van der Waals surface area contributed by atoms with Crippen molar-refractivity contribution >= 4 is 17.3 Å². The number of hydrogen-bond donors (Lipinski definition) is 1. The van der Waals surface area contributed by atoms with Crippen molar-refractivity contribution in [3.05, 3.63) is 23.0 Å². The summed E-state index contributed by atoms with van der Waals surface area (Å²) in [5.74, 6) is 1.62. The average Bonchev–Trinajstić information content (AvgIpc) is 2.34. The fourth-order valence-electron chi connectivity index (χ4n) is 2.84. The highest BCUT2D eigenvalue weighted by Gasteiger charge is 2.24. The first-order valence-corrected chi connectivity index (χ1v) is 7.32. The summed E-state index contributed by atoms with van der Waals surface area (Å²) in [6, 6.07) is 2.64. The van der Waals surface area contributed by atoms with Gasteiger partial charge in [-0.2, -0.15) is 0 Å². The van der Waals surface area contributed by atoms with E-state index in [2.05, 4.69) is 30.2 Å². The zero-order chi connectivity index (χ0) is 13.1. The summed E-state index contributed by atoms with van der Waals surface area (Å²) in [5.41, 5.74) is 2.14. The van der Waals surface area contributed by atoms with Gasteiger partial charge in [-0.05, 0) is 43.2 Å². The Kier molecular flexibility index (Phi) is 4.50. The van der Waals surface area contributed by atoms with Gasteiger partial charge in [-0.15, -0.1) is 0 Å². The van der Waals surface area contributed by atoms with Crippen molar-refractivity contribution in [3.63, 3.8) is 0 Å². The summed E-state index contributed by atoms with van der Waals surface area (Å²) in [7, 11) is 0. The molecule has 18 heavy (non-hydrogen) atoms. The lowest BCUT2D eigenvalue weighted by Crippen LogP contribution is -2.29. The third-order valence-corrected chi connectivity index (χ3v) is 4.29. The Balaban J connectivity index is 2.02. The predicted octanol–water partition coefficient (Wildman–Crippen LogP) is 4.67. The van der Waals surface area contributed by atoms with Crippen LogP contribution in [0.4, 0.5) is 5.69 Å². The molecule has 0 bridgehead atoms. The van der Waals surface area contributed by atoms with E-state index in [1.807, 2.05) is 13.1 Å². The van der Waals surface area contributed by atoms with Gasteiger partial charge in [0.15, 0.2) is 5.15 Å². The fraction of sp³-hybridized carbons (Fsp3) is 0.667. The number of nitrogens with zero attached hydrogens (tertiary/aromatic N) is 1. The first kappa shape index (κ1) is 13.7. The molecule has 1 aromatic rings. The molecular formula is C15H23ClN2. The number of aryl methyl sites for hydroxylation is 1. The highest BCUT2D eigenvalue weighted by Crippen LogP contribution is 2.32. The Labute approximate surface area is 115 Å². The molecule has 1 aliphatic rings. The molecule has 2 atom stereocenters. The second-order valence-electron chi connectivity index (χ2n) is 5.86. The average molecular weight is 267 g/mol. The third-order valence-electron chi connectivity index (χ3n) is 3.99. The van der Waals surface area contributed by atoms with Crippen molar-refractivity contribution in [1.29, 1.82) is 0 Å². The first-order chi connectivity index (χ1) is 8.56. The topological polar surface area (TPSA) is 24.9 Å². The molecular weight excluding hydrogens is 244 g/mol. The van der Waals surface area contributed by atoms with Crippen LogP contribution in [0.25, 0.3) is 0 Å². The van der Waals surface area contributed by atoms with Crippen molar-refractivity contribution in [2.45, 2.75) is 52.5 Å². The van der Waals surface area contributed by atoms with Gasteiger partial charge >= 0.3 is 0 Å². The first-order valence-electron chi connectivity index (χ1n) is 6.95. The van der Waals surface area contributed by atoms with Crippen molar-refractivity contribution in [1.82, 2.24) is 4.98 Å². The van der Waals surface area contributed by atoms with Crippen LogP contribution >= 0.6 is 11.6 Å². The maximum atomic E-state index is 6.14. The van der Waals surface area contributed by atoms with Gasteiger partial charge in [-0.1, -0.05) is 38.3 Å². The standard InChI is InChI=1S/C15H23ClN2/c1-10(2)12-5-4-6-13(8-12)18-14-7-11(3)9-17-15(14)16/h7,9-10,12-13,18H,4-6,8H2,1-3H3. The molecule has 1 saturated carbocycles. The van der Waals surface area contributed by atoms with E-state index in [-0.39, 0.29) is 0 Å². The number of halogens is 1. The van der Waals surface area contributed by atoms with E-state index in [1.54, 1.807) is 0 Å². The van der Waals surface area contributed by atoms with E-state index in [9.17, 15) is 0 Å². The maximum Gasteiger partial charge on any atom is 0.152 e. The maximum absolute atomic E-state index is 6.14. The smallest absolute Gasteiger partial charge is 0.152 e. The normalized spacial score (nSPS) is 24.3. The molecule has 1 aliphatic carbocycles. The number of hydrogen-bond acceptors (Lipinski definition) is 2. The monoisotopic (exact) mass is 266 g/mol. The van der Waals surface area contributed by atoms with Crippen molar-refractivity contribution in [3.8, 4) is 0 Å². The third kappa shape index (κ3) is 3.38. The Morgan fingerprint density at radius 2 is 2.17 bits per heavy atom. The molecule has 0 saturated heterocycles. The Morgan fingerprint density at radius 1 is 1.39 bits per heavy atom.